The number of para-hydroxylation sites is 1. The molecule has 0 aliphatic rings. The number of rotatable bonds is 6. The van der Waals surface area contributed by atoms with E-state index < -0.39 is 10.8 Å². The van der Waals surface area contributed by atoms with Crippen LogP contribution in [-0.2, 0) is 4.79 Å². The maximum atomic E-state index is 12.0. The molecule has 1 atom stereocenters. The molecule has 0 N–H and O–H groups in total. The Kier molecular flexibility index (Phi) is 6.20. The molecule has 0 aromatic heterocycles. The minimum absolute atomic E-state index is 0.112. The minimum atomic E-state index is -0.774. The molecular formula is C19H15BrN2O3. The number of nitriles is 1. The Hall–Kier alpha value is -2.78. The molecular weight excluding hydrogens is 384 g/mol. The Morgan fingerprint density at radius 1 is 1.32 bits per heavy atom. The smallest absolute Gasteiger partial charge is 0.273 e. The monoisotopic (exact) mass is 398 g/mol. The molecule has 0 heterocycles. The van der Waals surface area contributed by atoms with E-state index in [4.69, 9.17) is 0 Å². The summed E-state index contributed by atoms with van der Waals surface area (Å²) in [6.07, 6.45) is 1.83. The van der Waals surface area contributed by atoms with Crippen LogP contribution in [0.2, 0.25) is 0 Å². The summed E-state index contributed by atoms with van der Waals surface area (Å²) in [6.45, 7) is 1.43. The third-order valence-corrected chi connectivity index (χ3v) is 4.22. The van der Waals surface area contributed by atoms with Crippen LogP contribution in [0.3, 0.4) is 0 Å². The zero-order chi connectivity index (χ0) is 18.4. The molecule has 5 nitrogen and oxygen atoms in total. The molecule has 126 valence electrons. The number of benzene rings is 2. The average Bonchev–Trinajstić information content (AvgIpc) is 2.58. The predicted octanol–water partition coefficient (Wildman–Crippen LogP) is 5.03. The Bertz CT molecular complexity index is 884. The fourth-order valence-electron chi connectivity index (χ4n) is 2.50. The maximum absolute atomic E-state index is 12.0. The van der Waals surface area contributed by atoms with Gasteiger partial charge in [-0.1, -0.05) is 46.3 Å². The molecule has 0 fully saturated rings. The summed E-state index contributed by atoms with van der Waals surface area (Å²) in [6, 6.07) is 15.6. The maximum Gasteiger partial charge on any atom is 0.273 e. The van der Waals surface area contributed by atoms with Gasteiger partial charge in [0.15, 0.2) is 5.78 Å². The van der Waals surface area contributed by atoms with Crippen LogP contribution in [-0.4, -0.2) is 10.7 Å². The van der Waals surface area contributed by atoms with Crippen molar-refractivity contribution in [3.63, 3.8) is 0 Å². The van der Waals surface area contributed by atoms with Crippen LogP contribution in [0.15, 0.2) is 58.6 Å². The molecule has 2 aromatic rings. The van der Waals surface area contributed by atoms with Crippen LogP contribution in [0.25, 0.3) is 6.08 Å². The van der Waals surface area contributed by atoms with Gasteiger partial charge in [0.1, 0.15) is 0 Å². The van der Waals surface area contributed by atoms with Gasteiger partial charge >= 0.3 is 0 Å². The normalized spacial score (nSPS) is 12.3. The molecule has 0 aliphatic carbocycles. The third-order valence-electron chi connectivity index (χ3n) is 3.73. The van der Waals surface area contributed by atoms with E-state index in [1.165, 1.54) is 13.0 Å². The van der Waals surface area contributed by atoms with Gasteiger partial charge < -0.3 is 0 Å². The molecule has 0 radical (unpaired) electrons. The van der Waals surface area contributed by atoms with Crippen molar-refractivity contribution in [2.24, 2.45) is 0 Å². The number of halogens is 1. The van der Waals surface area contributed by atoms with Crippen molar-refractivity contribution in [1.82, 2.24) is 0 Å². The van der Waals surface area contributed by atoms with Crippen LogP contribution in [0.5, 0.6) is 0 Å². The zero-order valence-corrected chi connectivity index (χ0v) is 15.1. The molecule has 6 heteroatoms. The quantitative estimate of drug-likeness (QED) is 0.388. The third kappa shape index (κ3) is 4.85. The number of nitrogens with zero attached hydrogens (tertiary/aromatic N) is 2. The molecule has 2 rings (SSSR count). The molecule has 1 unspecified atom stereocenters. The van der Waals surface area contributed by atoms with E-state index in [-0.39, 0.29) is 17.9 Å². The molecule has 0 amide bonds. The first kappa shape index (κ1) is 18.6. The van der Waals surface area contributed by atoms with E-state index in [0.29, 0.717) is 11.1 Å². The highest BCUT2D eigenvalue weighted by molar-refractivity contribution is 9.10. The fourth-order valence-corrected chi connectivity index (χ4v) is 2.91. The summed E-state index contributed by atoms with van der Waals surface area (Å²) in [4.78, 5) is 22.7. The molecule has 2 aromatic carbocycles. The lowest BCUT2D eigenvalue weighted by Gasteiger charge is -2.11. The van der Waals surface area contributed by atoms with E-state index in [2.05, 4.69) is 22.0 Å². The first-order valence-electron chi connectivity index (χ1n) is 7.52. The van der Waals surface area contributed by atoms with Gasteiger partial charge in [0.05, 0.1) is 16.9 Å². The summed E-state index contributed by atoms with van der Waals surface area (Å²) < 4.78 is 0.875. The van der Waals surface area contributed by atoms with Crippen molar-refractivity contribution in [1.29, 1.82) is 5.26 Å². The lowest BCUT2D eigenvalue weighted by molar-refractivity contribution is -0.385. The van der Waals surface area contributed by atoms with Crippen LogP contribution in [0.4, 0.5) is 5.69 Å². The van der Waals surface area contributed by atoms with Gasteiger partial charge in [-0.3, -0.25) is 14.9 Å². The van der Waals surface area contributed by atoms with Gasteiger partial charge in [-0.05, 0) is 42.7 Å². The fraction of sp³-hybridized carbons (Fsp3) is 0.158. The largest absolute Gasteiger partial charge is 0.295 e. The average molecular weight is 399 g/mol. The van der Waals surface area contributed by atoms with Crippen molar-refractivity contribution >= 4 is 33.5 Å². The Labute approximate surface area is 153 Å². The number of Topliss-reactive ketones (excluding diaryl/α,β-unsaturated/α-hetero) is 1. The number of carbonyl (C=O) groups is 1. The summed E-state index contributed by atoms with van der Waals surface area (Å²) in [5.74, 6) is -0.942. The second kappa shape index (κ2) is 8.36. The molecule has 25 heavy (non-hydrogen) atoms. The number of hydrogen-bond acceptors (Lipinski definition) is 4. The molecule has 0 spiro atoms. The first-order chi connectivity index (χ1) is 11.9. The van der Waals surface area contributed by atoms with Gasteiger partial charge in [-0.25, -0.2) is 0 Å². The molecule has 0 saturated carbocycles. The summed E-state index contributed by atoms with van der Waals surface area (Å²) in [5, 5.41) is 20.7. The van der Waals surface area contributed by atoms with Crippen molar-refractivity contribution in [2.45, 2.75) is 19.3 Å². The van der Waals surface area contributed by atoms with Crippen molar-refractivity contribution in [2.75, 3.05) is 0 Å². The lowest BCUT2D eigenvalue weighted by Crippen LogP contribution is -2.06. The van der Waals surface area contributed by atoms with Crippen molar-refractivity contribution in [3.8, 4) is 6.07 Å². The van der Waals surface area contributed by atoms with Crippen LogP contribution < -0.4 is 0 Å². The second-order valence-corrected chi connectivity index (χ2v) is 6.40. The summed E-state index contributed by atoms with van der Waals surface area (Å²) in [5.41, 5.74) is 1.47. The van der Waals surface area contributed by atoms with E-state index in [9.17, 15) is 20.2 Å². The van der Waals surface area contributed by atoms with E-state index in [0.717, 1.165) is 10.0 Å². The number of hydrogen-bond donors (Lipinski definition) is 0. The number of carbonyl (C=O) groups excluding carboxylic acids is 1. The predicted molar refractivity (Wildman–Crippen MR) is 98.9 cm³/mol. The van der Waals surface area contributed by atoms with Crippen LogP contribution >= 0.6 is 15.9 Å². The number of nitro groups is 1. The van der Waals surface area contributed by atoms with Crippen molar-refractivity contribution < 1.29 is 9.72 Å². The SMILES string of the molecule is CC(=O)/C(=C/c1cccc(Br)c1)CC(C#N)c1ccccc1[N+](=O)[O-]. The summed E-state index contributed by atoms with van der Waals surface area (Å²) in [7, 11) is 0. The summed E-state index contributed by atoms with van der Waals surface area (Å²) >= 11 is 3.37. The van der Waals surface area contributed by atoms with E-state index in [1.54, 1.807) is 24.3 Å². The van der Waals surface area contributed by atoms with Gasteiger partial charge in [0, 0.05) is 16.1 Å². The topological polar surface area (TPSA) is 84.0 Å². The standard InChI is InChI=1S/C19H15BrN2O3/c1-13(23)15(9-14-5-4-6-17(20)10-14)11-16(12-21)18-7-2-3-8-19(18)22(24)25/h2-10,16H,11H2,1H3/b15-9+. The highest BCUT2D eigenvalue weighted by Gasteiger charge is 2.23. The Balaban J connectivity index is 2.40. The highest BCUT2D eigenvalue weighted by atomic mass is 79.9. The number of nitro benzene ring substituents is 1. The van der Waals surface area contributed by atoms with E-state index >= 15 is 0 Å². The van der Waals surface area contributed by atoms with Crippen molar-refractivity contribution in [3.05, 3.63) is 79.8 Å². The first-order valence-corrected chi connectivity index (χ1v) is 8.31. The van der Waals surface area contributed by atoms with E-state index in [1.807, 2.05) is 24.3 Å². The van der Waals surface area contributed by atoms with Gasteiger partial charge in [0.25, 0.3) is 5.69 Å². The molecule has 0 saturated heterocycles. The van der Waals surface area contributed by atoms with Gasteiger partial charge in [-0.2, -0.15) is 5.26 Å². The highest BCUT2D eigenvalue weighted by Crippen LogP contribution is 2.31. The Morgan fingerprint density at radius 3 is 2.64 bits per heavy atom. The van der Waals surface area contributed by atoms with Crippen LogP contribution in [0.1, 0.15) is 30.4 Å². The number of allylic oxidation sites excluding steroid dienone is 1. The lowest BCUT2D eigenvalue weighted by atomic mass is 9.90. The molecule has 0 bridgehead atoms. The number of ketones is 1. The minimum Gasteiger partial charge on any atom is -0.295 e. The Morgan fingerprint density at radius 2 is 2.04 bits per heavy atom. The van der Waals surface area contributed by atoms with Gasteiger partial charge in [-0.15, -0.1) is 0 Å². The second-order valence-electron chi connectivity index (χ2n) is 5.48. The van der Waals surface area contributed by atoms with Gasteiger partial charge in [0.2, 0.25) is 0 Å². The zero-order valence-electron chi connectivity index (χ0n) is 13.5. The van der Waals surface area contributed by atoms with Crippen LogP contribution in [0, 0.1) is 21.4 Å². The molecule has 0 aliphatic heterocycles.